The van der Waals surface area contributed by atoms with E-state index in [1.54, 1.807) is 12.1 Å². The van der Waals surface area contributed by atoms with Crippen LogP contribution in [0.4, 0.5) is 11.5 Å². The Morgan fingerprint density at radius 1 is 1.00 bits per heavy atom. The Kier molecular flexibility index (Phi) is 4.25. The van der Waals surface area contributed by atoms with Crippen molar-refractivity contribution in [3.8, 4) is 22.4 Å². The maximum atomic E-state index is 10.9. The van der Waals surface area contributed by atoms with Gasteiger partial charge < -0.3 is 5.73 Å². The van der Waals surface area contributed by atoms with Crippen molar-refractivity contribution in [1.29, 1.82) is 0 Å². The van der Waals surface area contributed by atoms with E-state index < -0.39 is 4.92 Å². The molecule has 27 heavy (non-hydrogen) atoms. The number of hydrogen-bond acceptors (Lipinski definition) is 6. The number of benzene rings is 2. The van der Waals surface area contributed by atoms with E-state index in [4.69, 9.17) is 5.73 Å². The Hall–Kier alpha value is -3.39. The molecule has 0 spiro atoms. The molecule has 0 atom stereocenters. The van der Waals surface area contributed by atoms with Crippen molar-refractivity contribution in [2.75, 3.05) is 5.73 Å². The summed E-state index contributed by atoms with van der Waals surface area (Å²) in [5, 5.41) is 11.6. The Morgan fingerprint density at radius 3 is 2.48 bits per heavy atom. The number of aromatic nitrogens is 3. The number of rotatable bonds is 3. The summed E-state index contributed by atoms with van der Waals surface area (Å²) in [6.45, 7) is 0. The van der Waals surface area contributed by atoms with Crippen molar-refractivity contribution in [3.05, 3.63) is 75.5 Å². The lowest BCUT2D eigenvalue weighted by atomic mass is 10.00. The van der Waals surface area contributed by atoms with E-state index in [0.29, 0.717) is 22.5 Å². The lowest BCUT2D eigenvalue weighted by Crippen LogP contribution is -1.98. The van der Waals surface area contributed by atoms with Crippen molar-refractivity contribution < 1.29 is 4.92 Å². The van der Waals surface area contributed by atoms with Gasteiger partial charge in [-0.15, -0.1) is 0 Å². The van der Waals surface area contributed by atoms with Crippen LogP contribution in [0.5, 0.6) is 0 Å². The maximum Gasteiger partial charge on any atom is 0.269 e. The van der Waals surface area contributed by atoms with E-state index in [-0.39, 0.29) is 5.69 Å². The summed E-state index contributed by atoms with van der Waals surface area (Å²) in [5.41, 5.74) is 9.75. The van der Waals surface area contributed by atoms with Gasteiger partial charge in [-0.05, 0) is 41.5 Å². The van der Waals surface area contributed by atoms with E-state index in [1.807, 2.05) is 30.3 Å². The van der Waals surface area contributed by atoms with E-state index in [0.717, 1.165) is 21.2 Å². The quantitative estimate of drug-likeness (QED) is 0.382. The van der Waals surface area contributed by atoms with E-state index in [1.165, 1.54) is 18.5 Å². The second-order valence-electron chi connectivity index (χ2n) is 5.83. The number of nitro benzene ring substituents is 1. The molecular weight excluding hydrogens is 410 g/mol. The number of nitrogens with zero attached hydrogens (tertiary/aromatic N) is 4. The average molecular weight is 422 g/mol. The van der Waals surface area contributed by atoms with Crippen molar-refractivity contribution in [1.82, 2.24) is 15.0 Å². The van der Waals surface area contributed by atoms with Gasteiger partial charge in [-0.2, -0.15) is 0 Å². The van der Waals surface area contributed by atoms with Gasteiger partial charge in [0.2, 0.25) is 0 Å². The van der Waals surface area contributed by atoms with E-state index in [9.17, 15) is 10.1 Å². The number of anilines is 1. The summed E-state index contributed by atoms with van der Waals surface area (Å²) >= 11 is 3.48. The van der Waals surface area contributed by atoms with Crippen LogP contribution in [0.2, 0.25) is 0 Å². The molecule has 0 radical (unpaired) electrons. The molecule has 0 aliphatic rings. The molecule has 2 N–H and O–H groups in total. The molecule has 2 heterocycles. The SMILES string of the molecule is Nc1ncnc2nc(-c3ccc([N+](=O)[O-])cc3)cc(-c3cccc(Br)c3)c12. The van der Waals surface area contributed by atoms with Crippen LogP contribution in [-0.2, 0) is 0 Å². The van der Waals surface area contributed by atoms with Gasteiger partial charge in [-0.3, -0.25) is 10.1 Å². The van der Waals surface area contributed by atoms with Gasteiger partial charge in [-0.1, -0.05) is 28.1 Å². The lowest BCUT2D eigenvalue weighted by Gasteiger charge is -2.11. The predicted molar refractivity (Wildman–Crippen MR) is 107 cm³/mol. The first-order valence-electron chi connectivity index (χ1n) is 7.95. The number of fused-ring (bicyclic) bond motifs is 1. The second-order valence-corrected chi connectivity index (χ2v) is 6.74. The van der Waals surface area contributed by atoms with Gasteiger partial charge in [0.15, 0.2) is 5.65 Å². The Bertz CT molecular complexity index is 1180. The van der Waals surface area contributed by atoms with Gasteiger partial charge in [-0.25, -0.2) is 15.0 Å². The average Bonchev–Trinajstić information content (AvgIpc) is 2.67. The number of pyridine rings is 1. The molecule has 0 unspecified atom stereocenters. The standard InChI is InChI=1S/C19H12BrN5O2/c20-13-3-1-2-12(8-13)15-9-16(11-4-6-14(7-5-11)25(26)27)24-19-17(15)18(21)22-10-23-19/h1-10H,(H2,21,22,23,24). The Balaban J connectivity index is 1.97. The molecule has 7 nitrogen and oxygen atoms in total. The van der Waals surface area contributed by atoms with Gasteiger partial charge in [0.1, 0.15) is 12.1 Å². The van der Waals surface area contributed by atoms with Crippen molar-refractivity contribution in [3.63, 3.8) is 0 Å². The molecule has 0 bridgehead atoms. The predicted octanol–water partition coefficient (Wildman–Crippen LogP) is 4.61. The smallest absolute Gasteiger partial charge is 0.269 e. The van der Waals surface area contributed by atoms with Crippen LogP contribution in [0.25, 0.3) is 33.4 Å². The number of halogens is 1. The zero-order chi connectivity index (χ0) is 19.0. The molecule has 0 saturated carbocycles. The van der Waals surface area contributed by atoms with Crippen LogP contribution >= 0.6 is 15.9 Å². The molecular formula is C19H12BrN5O2. The first-order chi connectivity index (χ1) is 13.0. The molecule has 4 aromatic rings. The normalized spacial score (nSPS) is 10.9. The fourth-order valence-corrected chi connectivity index (χ4v) is 3.27. The summed E-state index contributed by atoms with van der Waals surface area (Å²) in [4.78, 5) is 23.4. The molecule has 132 valence electrons. The highest BCUT2D eigenvalue weighted by molar-refractivity contribution is 9.10. The highest BCUT2D eigenvalue weighted by Gasteiger charge is 2.14. The molecule has 0 amide bonds. The molecule has 0 saturated heterocycles. The lowest BCUT2D eigenvalue weighted by molar-refractivity contribution is -0.384. The molecule has 0 aliphatic carbocycles. The topological polar surface area (TPSA) is 108 Å². The molecule has 2 aromatic carbocycles. The third-order valence-electron chi connectivity index (χ3n) is 4.14. The van der Waals surface area contributed by atoms with Crippen molar-refractivity contribution >= 4 is 38.5 Å². The summed E-state index contributed by atoms with van der Waals surface area (Å²) < 4.78 is 0.928. The van der Waals surface area contributed by atoms with E-state index in [2.05, 4.69) is 30.9 Å². The van der Waals surface area contributed by atoms with Crippen LogP contribution < -0.4 is 5.73 Å². The molecule has 4 rings (SSSR count). The summed E-state index contributed by atoms with van der Waals surface area (Å²) in [5.74, 6) is 0.345. The fraction of sp³-hybridized carbons (Fsp3) is 0. The van der Waals surface area contributed by atoms with Gasteiger partial charge in [0.25, 0.3) is 5.69 Å². The third kappa shape index (κ3) is 3.22. The largest absolute Gasteiger partial charge is 0.383 e. The van der Waals surface area contributed by atoms with Crippen LogP contribution in [-0.4, -0.2) is 19.9 Å². The van der Waals surface area contributed by atoms with Crippen LogP contribution in [0, 0.1) is 10.1 Å². The molecule has 8 heteroatoms. The van der Waals surface area contributed by atoms with Crippen LogP contribution in [0.15, 0.2) is 65.4 Å². The zero-order valence-corrected chi connectivity index (χ0v) is 15.4. The molecule has 2 aromatic heterocycles. The number of hydrogen-bond donors (Lipinski definition) is 1. The Morgan fingerprint density at radius 2 is 1.78 bits per heavy atom. The summed E-state index contributed by atoms with van der Waals surface area (Å²) in [6.07, 6.45) is 1.37. The number of nitrogens with two attached hydrogens (primary N) is 1. The van der Waals surface area contributed by atoms with Crippen molar-refractivity contribution in [2.24, 2.45) is 0 Å². The first-order valence-corrected chi connectivity index (χ1v) is 8.74. The molecule has 0 aliphatic heterocycles. The monoisotopic (exact) mass is 421 g/mol. The summed E-state index contributed by atoms with van der Waals surface area (Å²) in [6, 6.07) is 15.9. The van der Waals surface area contributed by atoms with Crippen molar-refractivity contribution in [2.45, 2.75) is 0 Å². The third-order valence-corrected chi connectivity index (χ3v) is 4.64. The zero-order valence-electron chi connectivity index (χ0n) is 13.8. The Labute approximate surface area is 162 Å². The van der Waals surface area contributed by atoms with E-state index >= 15 is 0 Å². The van der Waals surface area contributed by atoms with Gasteiger partial charge in [0.05, 0.1) is 16.0 Å². The number of non-ortho nitro benzene ring substituents is 1. The highest BCUT2D eigenvalue weighted by atomic mass is 79.9. The fourth-order valence-electron chi connectivity index (χ4n) is 2.87. The highest BCUT2D eigenvalue weighted by Crippen LogP contribution is 2.34. The van der Waals surface area contributed by atoms with Gasteiger partial charge in [0, 0.05) is 22.2 Å². The number of nitrogen functional groups attached to an aromatic ring is 1. The minimum absolute atomic E-state index is 0.0262. The maximum absolute atomic E-state index is 10.9. The number of nitro groups is 1. The van der Waals surface area contributed by atoms with Gasteiger partial charge >= 0.3 is 0 Å². The first kappa shape index (κ1) is 17.0. The second kappa shape index (κ2) is 6.73. The minimum Gasteiger partial charge on any atom is -0.383 e. The summed E-state index contributed by atoms with van der Waals surface area (Å²) in [7, 11) is 0. The molecule has 0 fully saturated rings. The van der Waals surface area contributed by atoms with Crippen LogP contribution in [0.3, 0.4) is 0 Å². The minimum atomic E-state index is -0.432. The van der Waals surface area contributed by atoms with Crippen LogP contribution in [0.1, 0.15) is 0 Å².